The summed E-state index contributed by atoms with van der Waals surface area (Å²) in [6.07, 6.45) is 2.69. The van der Waals surface area contributed by atoms with Crippen LogP contribution in [0.3, 0.4) is 0 Å². The Hall–Kier alpha value is -2.87. The van der Waals surface area contributed by atoms with Gasteiger partial charge < -0.3 is 25.6 Å². The van der Waals surface area contributed by atoms with E-state index in [1.807, 2.05) is 0 Å². The largest absolute Gasteiger partial charge is 0.471 e. The normalized spacial score (nSPS) is 14.8. The number of urea groups is 1. The predicted octanol–water partition coefficient (Wildman–Crippen LogP) is 2.78. The number of nitrogens with two attached hydrogens (primary N) is 1. The number of hydrogen-bond donors (Lipinski definition) is 4. The fraction of sp³-hybridized carbons (Fsp3) is 0.542. The number of morpholine rings is 1. The lowest BCUT2D eigenvalue weighted by molar-refractivity contribution is 0.0127. The number of aromatic nitrogens is 1. The van der Waals surface area contributed by atoms with Crippen LogP contribution in [-0.2, 0) is 11.3 Å². The number of benzene rings is 1. The zero-order chi connectivity index (χ0) is 26.8. The van der Waals surface area contributed by atoms with Crippen molar-refractivity contribution in [3.05, 3.63) is 40.5 Å². The number of anilines is 1. The Bertz CT molecular complexity index is 1060. The molecule has 2 heterocycles. The first-order valence-corrected chi connectivity index (χ1v) is 12.9. The van der Waals surface area contributed by atoms with Crippen molar-refractivity contribution in [2.45, 2.75) is 45.3 Å². The van der Waals surface area contributed by atoms with E-state index in [1.165, 1.54) is 6.92 Å². The molecule has 1 aliphatic heterocycles. The second kappa shape index (κ2) is 14.2. The van der Waals surface area contributed by atoms with Gasteiger partial charge in [-0.05, 0) is 49.0 Å². The Kier molecular flexibility index (Phi) is 11.0. The van der Waals surface area contributed by atoms with Gasteiger partial charge in [-0.15, -0.1) is 0 Å². The molecule has 1 unspecified atom stereocenters. The van der Waals surface area contributed by atoms with Crippen molar-refractivity contribution >= 4 is 28.5 Å². The SMILES string of the molecule is Cc1cc(F)c(COc2nsc(NC(=O)NCCCCCC(O)CN3CCOCC3)c2C(N)=O)cc1F. The fourth-order valence-corrected chi connectivity index (χ4v) is 4.56. The van der Waals surface area contributed by atoms with Crippen LogP contribution in [0, 0.1) is 18.6 Å². The Morgan fingerprint density at radius 2 is 2.00 bits per heavy atom. The molecule has 0 aliphatic carbocycles. The molecule has 0 radical (unpaired) electrons. The van der Waals surface area contributed by atoms with E-state index in [4.69, 9.17) is 15.2 Å². The fourth-order valence-electron chi connectivity index (χ4n) is 3.82. The average molecular weight is 542 g/mol. The van der Waals surface area contributed by atoms with Gasteiger partial charge in [-0.3, -0.25) is 15.0 Å². The summed E-state index contributed by atoms with van der Waals surface area (Å²) in [5, 5.41) is 15.5. The Morgan fingerprint density at radius 1 is 1.24 bits per heavy atom. The molecule has 13 heteroatoms. The summed E-state index contributed by atoms with van der Waals surface area (Å²) in [6.45, 7) is 5.19. The van der Waals surface area contributed by atoms with Crippen molar-refractivity contribution in [3.63, 3.8) is 0 Å². The number of ether oxygens (including phenoxy) is 2. The molecule has 1 aliphatic rings. The van der Waals surface area contributed by atoms with Crippen LogP contribution in [0.1, 0.15) is 47.2 Å². The minimum Gasteiger partial charge on any atom is -0.471 e. The molecule has 1 aromatic carbocycles. The van der Waals surface area contributed by atoms with Crippen LogP contribution in [0.15, 0.2) is 12.1 Å². The van der Waals surface area contributed by atoms with Gasteiger partial charge in [-0.2, -0.15) is 4.37 Å². The van der Waals surface area contributed by atoms with Gasteiger partial charge in [0, 0.05) is 31.7 Å². The number of primary amides is 1. The maximum absolute atomic E-state index is 14.1. The molecule has 1 fully saturated rings. The number of aliphatic hydroxyl groups excluding tert-OH is 1. The summed E-state index contributed by atoms with van der Waals surface area (Å²) < 4.78 is 42.5. The molecular weight excluding hydrogens is 508 g/mol. The molecule has 37 heavy (non-hydrogen) atoms. The number of unbranched alkanes of at least 4 members (excludes halogenated alkanes) is 2. The number of nitrogens with one attached hydrogen (secondary N) is 2. The lowest BCUT2D eigenvalue weighted by atomic mass is 10.1. The minimum atomic E-state index is -0.884. The lowest BCUT2D eigenvalue weighted by Crippen LogP contribution is -2.40. The maximum atomic E-state index is 14.1. The topological polar surface area (TPSA) is 139 Å². The number of aryl methyl sites for hydroxylation is 1. The molecule has 0 saturated carbocycles. The third-order valence-electron chi connectivity index (χ3n) is 5.90. The van der Waals surface area contributed by atoms with Crippen LogP contribution in [0.25, 0.3) is 0 Å². The molecule has 3 amide bonds. The van der Waals surface area contributed by atoms with Gasteiger partial charge in [0.1, 0.15) is 28.8 Å². The van der Waals surface area contributed by atoms with Gasteiger partial charge in [-0.1, -0.05) is 12.8 Å². The summed E-state index contributed by atoms with van der Waals surface area (Å²) in [5.41, 5.74) is 5.39. The third-order valence-corrected chi connectivity index (χ3v) is 6.64. The van der Waals surface area contributed by atoms with Crippen molar-refractivity contribution in [1.82, 2.24) is 14.6 Å². The summed E-state index contributed by atoms with van der Waals surface area (Å²) in [7, 11) is 0. The highest BCUT2D eigenvalue weighted by Crippen LogP contribution is 2.31. The summed E-state index contributed by atoms with van der Waals surface area (Å²) in [5.74, 6) is -2.30. The van der Waals surface area contributed by atoms with E-state index in [0.717, 1.165) is 56.0 Å². The van der Waals surface area contributed by atoms with Gasteiger partial charge in [0.25, 0.3) is 5.91 Å². The number of rotatable bonds is 13. The number of carbonyl (C=O) groups excluding carboxylic acids is 2. The molecule has 1 saturated heterocycles. The Balaban J connectivity index is 1.39. The van der Waals surface area contributed by atoms with E-state index >= 15 is 0 Å². The highest BCUT2D eigenvalue weighted by molar-refractivity contribution is 7.11. The Morgan fingerprint density at radius 3 is 2.73 bits per heavy atom. The maximum Gasteiger partial charge on any atom is 0.319 e. The number of nitrogens with zero attached hydrogens (tertiary/aromatic N) is 2. The van der Waals surface area contributed by atoms with E-state index < -0.39 is 23.6 Å². The van der Waals surface area contributed by atoms with Gasteiger partial charge in [0.05, 0.1) is 19.3 Å². The smallest absolute Gasteiger partial charge is 0.319 e. The number of β-amino-alcohol motifs (C(OH)–C–C–N with tert-alkyl or cyclic N) is 1. The van der Waals surface area contributed by atoms with Crippen LogP contribution in [0.5, 0.6) is 5.88 Å². The number of amides is 3. The lowest BCUT2D eigenvalue weighted by Gasteiger charge is -2.28. The van der Waals surface area contributed by atoms with Crippen LogP contribution in [0.2, 0.25) is 0 Å². The zero-order valence-corrected chi connectivity index (χ0v) is 21.5. The van der Waals surface area contributed by atoms with Crippen molar-refractivity contribution in [2.75, 3.05) is 44.7 Å². The van der Waals surface area contributed by atoms with Crippen LogP contribution >= 0.6 is 11.5 Å². The van der Waals surface area contributed by atoms with Crippen molar-refractivity contribution in [3.8, 4) is 5.88 Å². The highest BCUT2D eigenvalue weighted by Gasteiger charge is 2.22. The Labute approximate surface area is 218 Å². The van der Waals surface area contributed by atoms with Crippen molar-refractivity contribution < 1.29 is 33.0 Å². The molecule has 204 valence electrons. The summed E-state index contributed by atoms with van der Waals surface area (Å²) in [4.78, 5) is 26.4. The van der Waals surface area contributed by atoms with Crippen LogP contribution in [-0.4, -0.2) is 71.8 Å². The molecular formula is C24H33F2N5O5S. The highest BCUT2D eigenvalue weighted by atomic mass is 32.1. The van der Waals surface area contributed by atoms with Gasteiger partial charge in [0.15, 0.2) is 0 Å². The molecule has 0 bridgehead atoms. The number of halogens is 2. The molecule has 10 nitrogen and oxygen atoms in total. The first-order chi connectivity index (χ1) is 17.7. The summed E-state index contributed by atoms with van der Waals surface area (Å²) in [6, 6.07) is 1.52. The van der Waals surface area contributed by atoms with E-state index in [2.05, 4.69) is 19.9 Å². The number of hydrogen-bond acceptors (Lipinski definition) is 8. The molecule has 1 atom stereocenters. The van der Waals surface area contributed by atoms with Crippen molar-refractivity contribution in [2.24, 2.45) is 5.73 Å². The summed E-state index contributed by atoms with van der Waals surface area (Å²) >= 11 is 0.787. The zero-order valence-electron chi connectivity index (χ0n) is 20.7. The molecule has 2 aromatic rings. The molecule has 1 aromatic heterocycles. The first-order valence-electron chi connectivity index (χ1n) is 12.1. The standard InChI is InChI=1S/C24H33F2N5O5S/c1-15-11-19(26)16(12-18(15)25)14-36-22-20(21(27)33)23(37-30-22)29-24(34)28-6-4-2-3-5-17(32)13-31-7-9-35-10-8-31/h11-12,17,32H,2-10,13-14H2,1H3,(H2,27,33)(H2,28,29,34). The van der Waals surface area contributed by atoms with E-state index in [1.54, 1.807) is 0 Å². The van der Waals surface area contributed by atoms with Gasteiger partial charge in [0.2, 0.25) is 5.88 Å². The van der Waals surface area contributed by atoms with Crippen molar-refractivity contribution in [1.29, 1.82) is 0 Å². The third kappa shape index (κ3) is 8.88. The second-order valence-corrected chi connectivity index (χ2v) is 9.61. The van der Waals surface area contributed by atoms with E-state index in [0.29, 0.717) is 32.7 Å². The number of carbonyl (C=O) groups is 2. The molecule has 3 rings (SSSR count). The first kappa shape index (κ1) is 28.7. The van der Waals surface area contributed by atoms with Crippen LogP contribution in [0.4, 0.5) is 18.6 Å². The monoisotopic (exact) mass is 541 g/mol. The van der Waals surface area contributed by atoms with E-state index in [-0.39, 0.29) is 40.3 Å². The minimum absolute atomic E-state index is 0.0487. The van der Waals surface area contributed by atoms with Crippen LogP contribution < -0.4 is 21.1 Å². The molecule has 5 N–H and O–H groups in total. The molecule has 0 spiro atoms. The predicted molar refractivity (Wildman–Crippen MR) is 135 cm³/mol. The van der Waals surface area contributed by atoms with Gasteiger partial charge >= 0.3 is 6.03 Å². The van der Waals surface area contributed by atoms with E-state index in [9.17, 15) is 23.5 Å². The quantitative estimate of drug-likeness (QED) is 0.286. The van der Waals surface area contributed by atoms with Gasteiger partial charge in [-0.25, -0.2) is 13.6 Å². The second-order valence-electron chi connectivity index (χ2n) is 8.83. The number of aliphatic hydroxyl groups is 1. The average Bonchev–Trinajstić information content (AvgIpc) is 3.25.